The fourth-order valence-corrected chi connectivity index (χ4v) is 4.18. The number of nitrogens with zero attached hydrogens (tertiary/aromatic N) is 1. The lowest BCUT2D eigenvalue weighted by atomic mass is 9.74. The second-order valence-corrected chi connectivity index (χ2v) is 7.90. The summed E-state index contributed by atoms with van der Waals surface area (Å²) in [5.74, 6) is 0.155. The highest BCUT2D eigenvalue weighted by Gasteiger charge is 2.41. The Morgan fingerprint density at radius 1 is 1.07 bits per heavy atom. The molecule has 3 heterocycles. The zero-order valence-electron chi connectivity index (χ0n) is 16.2. The summed E-state index contributed by atoms with van der Waals surface area (Å²) in [6.07, 6.45) is 7.92. The van der Waals surface area contributed by atoms with Crippen LogP contribution in [0.5, 0.6) is 0 Å². The van der Waals surface area contributed by atoms with Gasteiger partial charge in [0.2, 0.25) is 5.91 Å². The molecule has 5 heteroatoms. The summed E-state index contributed by atoms with van der Waals surface area (Å²) < 4.78 is 11.1. The Balaban J connectivity index is 1.49. The topological polar surface area (TPSA) is 60.5 Å². The van der Waals surface area contributed by atoms with Gasteiger partial charge in [-0.05, 0) is 54.9 Å². The van der Waals surface area contributed by atoms with Crippen molar-refractivity contribution in [3.8, 4) is 11.1 Å². The van der Waals surface area contributed by atoms with Crippen molar-refractivity contribution in [1.82, 2.24) is 10.3 Å². The molecule has 2 saturated heterocycles. The number of ether oxygens (including phenoxy) is 2. The lowest BCUT2D eigenvalue weighted by Crippen LogP contribution is -2.51. The van der Waals surface area contributed by atoms with Crippen molar-refractivity contribution in [3.05, 3.63) is 54.4 Å². The minimum atomic E-state index is -0.397. The van der Waals surface area contributed by atoms with E-state index in [0.29, 0.717) is 19.8 Å². The van der Waals surface area contributed by atoms with E-state index in [1.54, 1.807) is 6.20 Å². The van der Waals surface area contributed by atoms with Crippen LogP contribution in [0.1, 0.15) is 31.2 Å². The second kappa shape index (κ2) is 8.84. The number of rotatable bonds is 5. The lowest BCUT2D eigenvalue weighted by Gasteiger charge is -2.37. The molecule has 0 bridgehead atoms. The molecule has 1 N–H and O–H groups in total. The number of carbonyl (C=O) groups excluding carboxylic acids is 1. The van der Waals surface area contributed by atoms with Crippen LogP contribution in [0.15, 0.2) is 48.8 Å². The van der Waals surface area contributed by atoms with Gasteiger partial charge in [0.15, 0.2) is 0 Å². The van der Waals surface area contributed by atoms with Gasteiger partial charge in [0.05, 0.1) is 18.1 Å². The van der Waals surface area contributed by atoms with Gasteiger partial charge in [0.1, 0.15) is 0 Å². The first kappa shape index (κ1) is 19.1. The summed E-state index contributed by atoms with van der Waals surface area (Å²) in [6.45, 7) is 2.71. The normalized spacial score (nSPS) is 21.8. The molecule has 5 nitrogen and oxygen atoms in total. The van der Waals surface area contributed by atoms with Gasteiger partial charge in [-0.2, -0.15) is 0 Å². The Morgan fingerprint density at radius 3 is 2.57 bits per heavy atom. The number of aromatic nitrogens is 1. The Morgan fingerprint density at radius 2 is 1.89 bits per heavy atom. The smallest absolute Gasteiger partial charge is 0.227 e. The summed E-state index contributed by atoms with van der Waals surface area (Å²) in [5.41, 5.74) is 3.03. The molecule has 1 aromatic carbocycles. The summed E-state index contributed by atoms with van der Waals surface area (Å²) in [5, 5.41) is 3.26. The highest BCUT2D eigenvalue weighted by atomic mass is 16.5. The molecule has 0 aliphatic carbocycles. The van der Waals surface area contributed by atoms with Gasteiger partial charge in [-0.25, -0.2) is 0 Å². The van der Waals surface area contributed by atoms with Gasteiger partial charge in [-0.15, -0.1) is 0 Å². The van der Waals surface area contributed by atoms with Crippen molar-refractivity contribution < 1.29 is 14.3 Å². The zero-order chi connectivity index (χ0) is 19.2. The summed E-state index contributed by atoms with van der Waals surface area (Å²) in [7, 11) is 0. The van der Waals surface area contributed by atoms with E-state index in [1.165, 1.54) is 5.56 Å². The van der Waals surface area contributed by atoms with Crippen LogP contribution in [0, 0.1) is 5.41 Å². The van der Waals surface area contributed by atoms with Crippen LogP contribution in [0.4, 0.5) is 0 Å². The Hall–Kier alpha value is -2.24. The van der Waals surface area contributed by atoms with Crippen LogP contribution in [-0.4, -0.2) is 43.4 Å². The lowest BCUT2D eigenvalue weighted by molar-refractivity contribution is -0.138. The molecule has 0 radical (unpaired) electrons. The molecule has 2 aliphatic rings. The maximum Gasteiger partial charge on any atom is 0.227 e. The molecule has 1 amide bonds. The molecule has 0 saturated carbocycles. The number of amides is 1. The summed E-state index contributed by atoms with van der Waals surface area (Å²) in [4.78, 5) is 17.4. The molecular weight excluding hydrogens is 352 g/mol. The first-order valence-corrected chi connectivity index (χ1v) is 10.2. The van der Waals surface area contributed by atoms with Gasteiger partial charge in [0.25, 0.3) is 0 Å². The molecule has 148 valence electrons. The highest BCUT2D eigenvalue weighted by Crippen LogP contribution is 2.35. The third-order valence-corrected chi connectivity index (χ3v) is 5.92. The van der Waals surface area contributed by atoms with Gasteiger partial charge in [0, 0.05) is 32.2 Å². The van der Waals surface area contributed by atoms with E-state index in [-0.39, 0.29) is 11.9 Å². The molecule has 1 aromatic heterocycles. The molecule has 1 atom stereocenters. The molecule has 2 aromatic rings. The number of pyridine rings is 1. The van der Waals surface area contributed by atoms with Crippen molar-refractivity contribution in [3.63, 3.8) is 0 Å². The van der Waals surface area contributed by atoms with Crippen LogP contribution < -0.4 is 5.32 Å². The van der Waals surface area contributed by atoms with Gasteiger partial charge < -0.3 is 14.8 Å². The van der Waals surface area contributed by atoms with Crippen molar-refractivity contribution in [2.75, 3.05) is 26.4 Å². The number of nitrogens with one attached hydrogen (secondary N) is 1. The fraction of sp³-hybridized carbons (Fsp3) is 0.478. The SMILES string of the molecule is O=C(N[C@@H]1CCCOC1)C1(Cc2ccc(-c3cccnc3)cc2)CCOCC1. The van der Waals surface area contributed by atoms with E-state index < -0.39 is 5.41 Å². The van der Waals surface area contributed by atoms with Crippen molar-refractivity contribution in [1.29, 1.82) is 0 Å². The van der Waals surface area contributed by atoms with E-state index >= 15 is 0 Å². The summed E-state index contributed by atoms with van der Waals surface area (Å²) in [6, 6.07) is 12.6. The predicted octanol–water partition coefficient (Wildman–Crippen LogP) is 3.38. The number of hydrogen-bond acceptors (Lipinski definition) is 4. The molecule has 2 aliphatic heterocycles. The number of hydrogen-bond donors (Lipinski definition) is 1. The molecule has 4 rings (SSSR count). The van der Waals surface area contributed by atoms with E-state index in [1.807, 2.05) is 12.3 Å². The Kier molecular flexibility index (Phi) is 6.03. The van der Waals surface area contributed by atoms with Crippen LogP contribution in [0.3, 0.4) is 0 Å². The van der Waals surface area contributed by atoms with Gasteiger partial charge >= 0.3 is 0 Å². The third-order valence-electron chi connectivity index (χ3n) is 5.92. The average Bonchev–Trinajstić information content (AvgIpc) is 2.76. The standard InChI is InChI=1S/C23H28N2O3/c26-22(25-21-4-2-12-28-17-21)23(9-13-27-14-10-23)15-18-5-7-19(8-6-18)20-3-1-11-24-16-20/h1,3,5-8,11,16,21H,2,4,9-10,12-15,17H2,(H,25,26)/t21-/m1/s1. The van der Waals surface area contributed by atoms with E-state index in [9.17, 15) is 4.79 Å². The number of benzene rings is 1. The van der Waals surface area contributed by atoms with Crippen LogP contribution in [0.25, 0.3) is 11.1 Å². The largest absolute Gasteiger partial charge is 0.381 e. The monoisotopic (exact) mass is 380 g/mol. The second-order valence-electron chi connectivity index (χ2n) is 7.90. The first-order chi connectivity index (χ1) is 13.8. The molecule has 2 fully saturated rings. The summed E-state index contributed by atoms with van der Waals surface area (Å²) >= 11 is 0. The molecule has 0 unspecified atom stereocenters. The molecule has 28 heavy (non-hydrogen) atoms. The molecule has 0 spiro atoms. The van der Waals surface area contributed by atoms with Crippen LogP contribution in [-0.2, 0) is 20.7 Å². The quantitative estimate of drug-likeness (QED) is 0.864. The fourth-order valence-electron chi connectivity index (χ4n) is 4.18. The zero-order valence-corrected chi connectivity index (χ0v) is 16.2. The van der Waals surface area contributed by atoms with E-state index in [0.717, 1.165) is 49.8 Å². The third kappa shape index (κ3) is 4.42. The van der Waals surface area contributed by atoms with Crippen molar-refractivity contribution in [2.24, 2.45) is 5.41 Å². The Labute approximate surface area is 166 Å². The molecular formula is C23H28N2O3. The maximum absolute atomic E-state index is 13.3. The minimum Gasteiger partial charge on any atom is -0.381 e. The maximum atomic E-state index is 13.3. The highest BCUT2D eigenvalue weighted by molar-refractivity contribution is 5.83. The Bertz CT molecular complexity index is 764. The van der Waals surface area contributed by atoms with Crippen LogP contribution >= 0.6 is 0 Å². The van der Waals surface area contributed by atoms with Gasteiger partial charge in [-0.3, -0.25) is 9.78 Å². The van der Waals surface area contributed by atoms with E-state index in [4.69, 9.17) is 9.47 Å². The first-order valence-electron chi connectivity index (χ1n) is 10.2. The van der Waals surface area contributed by atoms with Crippen LogP contribution in [0.2, 0.25) is 0 Å². The van der Waals surface area contributed by atoms with Gasteiger partial charge in [-0.1, -0.05) is 30.3 Å². The number of carbonyl (C=O) groups is 1. The minimum absolute atomic E-state index is 0.133. The van der Waals surface area contributed by atoms with E-state index in [2.05, 4.69) is 40.6 Å². The average molecular weight is 380 g/mol. The predicted molar refractivity (Wildman–Crippen MR) is 108 cm³/mol. The van der Waals surface area contributed by atoms with Crippen molar-refractivity contribution >= 4 is 5.91 Å². The van der Waals surface area contributed by atoms with Crippen molar-refractivity contribution in [2.45, 2.75) is 38.1 Å².